The van der Waals surface area contributed by atoms with Crippen molar-refractivity contribution < 1.29 is 9.53 Å². The summed E-state index contributed by atoms with van der Waals surface area (Å²) >= 11 is 0. The van der Waals surface area contributed by atoms with Crippen LogP contribution in [0.3, 0.4) is 0 Å². The van der Waals surface area contributed by atoms with Gasteiger partial charge >= 0.3 is 0 Å². The lowest BCUT2D eigenvalue weighted by atomic mass is 9.79. The number of rotatable bonds is 5. The Balaban J connectivity index is 1.87. The first-order chi connectivity index (χ1) is 12.6. The number of hydrogen-bond donors (Lipinski definition) is 0. The van der Waals surface area contributed by atoms with Gasteiger partial charge in [-0.15, -0.1) is 0 Å². The second-order valence-electron chi connectivity index (χ2n) is 6.12. The van der Waals surface area contributed by atoms with Crippen molar-refractivity contribution in [3.05, 3.63) is 84.1 Å². The van der Waals surface area contributed by atoms with Crippen molar-refractivity contribution in [3.63, 3.8) is 0 Å². The van der Waals surface area contributed by atoms with Gasteiger partial charge in [0.05, 0.1) is 13.2 Å². The third-order valence-corrected chi connectivity index (χ3v) is 4.55. The van der Waals surface area contributed by atoms with Crippen LogP contribution in [0.25, 0.3) is 5.57 Å². The monoisotopic (exact) mass is 343 g/mol. The predicted molar refractivity (Wildman–Crippen MR) is 100 cm³/mol. The smallest absolute Gasteiger partial charge is 0.180 e. The maximum Gasteiger partial charge on any atom is 0.180 e. The Morgan fingerprint density at radius 1 is 1.23 bits per heavy atom. The van der Waals surface area contributed by atoms with Crippen LogP contribution in [0.15, 0.2) is 66.0 Å². The average molecular weight is 343 g/mol. The zero-order valence-electron chi connectivity index (χ0n) is 14.6. The molecule has 129 valence electrons. The summed E-state index contributed by atoms with van der Waals surface area (Å²) in [4.78, 5) is 16.7. The van der Waals surface area contributed by atoms with Crippen molar-refractivity contribution in [2.45, 2.75) is 12.8 Å². The number of carbonyl (C=O) groups excluding carboxylic acids is 1. The Kier molecular flexibility index (Phi) is 5.28. The van der Waals surface area contributed by atoms with Crippen LogP contribution in [0.1, 0.15) is 17.5 Å². The van der Waals surface area contributed by atoms with Crippen molar-refractivity contribution in [3.8, 4) is 11.8 Å². The molecule has 0 saturated carbocycles. The number of nitriles is 1. The molecular formula is C22H19N2O2. The molecule has 0 aliphatic heterocycles. The van der Waals surface area contributed by atoms with E-state index >= 15 is 0 Å². The van der Waals surface area contributed by atoms with Gasteiger partial charge in [0, 0.05) is 18.0 Å². The highest BCUT2D eigenvalue weighted by Gasteiger charge is 2.30. The zero-order valence-corrected chi connectivity index (χ0v) is 14.6. The summed E-state index contributed by atoms with van der Waals surface area (Å²) in [6, 6.07) is 13.6. The van der Waals surface area contributed by atoms with Crippen molar-refractivity contribution >= 4 is 11.4 Å². The number of hydrogen-bond acceptors (Lipinski definition) is 4. The molecule has 1 radical (unpaired) electrons. The van der Waals surface area contributed by atoms with Gasteiger partial charge in [-0.2, -0.15) is 5.26 Å². The minimum absolute atomic E-state index is 0.224. The minimum Gasteiger partial charge on any atom is -0.497 e. The number of Topliss-reactive ketones (excluding diaryl/α,β-unsaturated/α-hetero) is 1. The van der Waals surface area contributed by atoms with Crippen LogP contribution in [-0.4, -0.2) is 17.9 Å². The van der Waals surface area contributed by atoms with Gasteiger partial charge in [-0.3, -0.25) is 9.78 Å². The van der Waals surface area contributed by atoms with E-state index in [1.54, 1.807) is 25.6 Å². The van der Waals surface area contributed by atoms with E-state index in [9.17, 15) is 10.1 Å². The molecule has 0 spiro atoms. The molecule has 0 N–H and O–H groups in total. The van der Waals surface area contributed by atoms with Crippen LogP contribution in [0.5, 0.6) is 5.75 Å². The maximum atomic E-state index is 12.6. The van der Waals surface area contributed by atoms with Crippen molar-refractivity contribution in [1.82, 2.24) is 4.98 Å². The number of benzene rings is 1. The minimum atomic E-state index is -0.823. The fourth-order valence-corrected chi connectivity index (χ4v) is 3.04. The van der Waals surface area contributed by atoms with E-state index in [-0.39, 0.29) is 5.78 Å². The van der Waals surface area contributed by atoms with E-state index in [2.05, 4.69) is 18.0 Å². The summed E-state index contributed by atoms with van der Waals surface area (Å²) in [7, 11) is 1.64. The van der Waals surface area contributed by atoms with Gasteiger partial charge in [-0.1, -0.05) is 24.3 Å². The molecule has 1 atom stereocenters. The van der Waals surface area contributed by atoms with Gasteiger partial charge in [0.15, 0.2) is 5.78 Å². The van der Waals surface area contributed by atoms with Crippen molar-refractivity contribution in [1.29, 1.82) is 5.26 Å². The normalized spacial score (nSPS) is 16.9. The molecule has 26 heavy (non-hydrogen) atoms. The molecule has 1 heterocycles. The molecule has 1 aromatic heterocycles. The second kappa shape index (κ2) is 7.79. The van der Waals surface area contributed by atoms with Crippen LogP contribution in [-0.2, 0) is 11.2 Å². The highest BCUT2D eigenvalue weighted by Crippen LogP contribution is 2.34. The van der Waals surface area contributed by atoms with E-state index in [0.29, 0.717) is 17.6 Å². The Hall–Kier alpha value is -3.19. The highest BCUT2D eigenvalue weighted by atomic mass is 16.5. The van der Waals surface area contributed by atoms with Gasteiger partial charge in [0.2, 0.25) is 0 Å². The maximum absolute atomic E-state index is 12.6. The lowest BCUT2D eigenvalue weighted by Gasteiger charge is -2.21. The molecule has 0 fully saturated rings. The molecule has 3 rings (SSSR count). The van der Waals surface area contributed by atoms with E-state index in [1.807, 2.05) is 36.4 Å². The fraction of sp³-hybridized carbons (Fsp3) is 0.182. The number of methoxy groups -OCH3 is 1. The van der Waals surface area contributed by atoms with Gasteiger partial charge in [-0.05, 0) is 60.2 Å². The first-order valence-corrected chi connectivity index (χ1v) is 8.38. The fourth-order valence-electron chi connectivity index (χ4n) is 3.04. The average Bonchev–Trinajstić information content (AvgIpc) is 2.70. The molecule has 2 aromatic rings. The molecule has 1 aromatic carbocycles. The topological polar surface area (TPSA) is 63.0 Å². The number of nitrogens with zero attached hydrogens (tertiary/aromatic N) is 2. The number of ether oxygens (including phenoxy) is 1. The van der Waals surface area contributed by atoms with Gasteiger partial charge < -0.3 is 4.74 Å². The first kappa shape index (κ1) is 17.6. The Morgan fingerprint density at radius 3 is 2.62 bits per heavy atom. The standard InChI is InChI=1S/C22H19N2O2/c1-15-17(8-5-16-6-9-19(26-2)10-7-16)12-20(21(13-23)22(15)25)18-4-3-11-24-14-18/h3-4,6-7,9-12,14,21H,1,5,8H2,2H3. The van der Waals surface area contributed by atoms with Crippen LogP contribution in [0.2, 0.25) is 0 Å². The van der Waals surface area contributed by atoms with Crippen molar-refractivity contribution in [2.24, 2.45) is 5.92 Å². The molecule has 0 amide bonds. The molecule has 0 bridgehead atoms. The van der Waals surface area contributed by atoms with E-state index in [1.165, 1.54) is 0 Å². The van der Waals surface area contributed by atoms with Gasteiger partial charge in [0.1, 0.15) is 11.7 Å². The summed E-state index contributed by atoms with van der Waals surface area (Å²) < 4.78 is 5.17. The zero-order chi connectivity index (χ0) is 18.5. The molecule has 0 saturated heterocycles. The summed E-state index contributed by atoms with van der Waals surface area (Å²) in [5.41, 5.74) is 3.94. The number of pyridine rings is 1. The summed E-state index contributed by atoms with van der Waals surface area (Å²) in [6.07, 6.45) is 6.73. The Bertz CT molecular complexity index is 903. The van der Waals surface area contributed by atoms with Crippen molar-refractivity contribution in [2.75, 3.05) is 7.11 Å². The Morgan fingerprint density at radius 2 is 2.00 bits per heavy atom. The van der Waals surface area contributed by atoms with Crippen LogP contribution in [0, 0.1) is 24.2 Å². The third-order valence-electron chi connectivity index (χ3n) is 4.55. The predicted octanol–water partition coefficient (Wildman–Crippen LogP) is 3.96. The number of ketones is 1. The largest absolute Gasteiger partial charge is 0.497 e. The van der Waals surface area contributed by atoms with E-state index in [0.717, 1.165) is 28.9 Å². The number of aryl methyl sites for hydroxylation is 1. The van der Waals surface area contributed by atoms with E-state index < -0.39 is 5.92 Å². The number of allylic oxidation sites excluding steroid dienone is 4. The highest BCUT2D eigenvalue weighted by molar-refractivity contribution is 6.10. The molecule has 1 unspecified atom stereocenters. The van der Waals surface area contributed by atoms with Crippen LogP contribution >= 0.6 is 0 Å². The third kappa shape index (κ3) is 3.57. The first-order valence-electron chi connectivity index (χ1n) is 8.38. The Labute approximate surface area is 153 Å². The second-order valence-corrected chi connectivity index (χ2v) is 6.12. The summed E-state index contributed by atoms with van der Waals surface area (Å²) in [6.45, 7) is 3.92. The SMILES string of the molecule is [CH2]C1=C(CCc2ccc(OC)cc2)C=C(c2cccnc2)C(C#N)C1=O. The lowest BCUT2D eigenvalue weighted by Crippen LogP contribution is -2.21. The van der Waals surface area contributed by atoms with Crippen LogP contribution < -0.4 is 4.74 Å². The lowest BCUT2D eigenvalue weighted by molar-refractivity contribution is -0.116. The summed E-state index contributed by atoms with van der Waals surface area (Å²) in [5, 5.41) is 9.46. The number of aromatic nitrogens is 1. The molecule has 1 aliphatic carbocycles. The molecule has 1 aliphatic rings. The number of carbonyl (C=O) groups is 1. The van der Waals surface area contributed by atoms with Gasteiger partial charge in [0.25, 0.3) is 0 Å². The van der Waals surface area contributed by atoms with Crippen LogP contribution in [0.4, 0.5) is 0 Å². The van der Waals surface area contributed by atoms with E-state index in [4.69, 9.17) is 4.74 Å². The molecule has 4 heteroatoms. The molecular weight excluding hydrogens is 324 g/mol. The quantitative estimate of drug-likeness (QED) is 0.824. The summed E-state index contributed by atoms with van der Waals surface area (Å²) in [5.74, 6) is -0.232. The van der Waals surface area contributed by atoms with Gasteiger partial charge in [-0.25, -0.2) is 0 Å². The molecule has 4 nitrogen and oxygen atoms in total.